The number of carbonyl (C=O) groups excluding carboxylic acids is 3. The zero-order valence-corrected chi connectivity index (χ0v) is 15.9. The minimum Gasteiger partial charge on any atom is -0.336 e. The van der Waals surface area contributed by atoms with E-state index in [1.54, 1.807) is 17.0 Å². The van der Waals surface area contributed by atoms with Crippen LogP contribution in [0.4, 0.5) is 4.79 Å². The molecule has 2 aliphatic rings. The molecule has 4 amide bonds. The van der Waals surface area contributed by atoms with Gasteiger partial charge in [0.2, 0.25) is 0 Å². The number of piperidine rings is 1. The van der Waals surface area contributed by atoms with Gasteiger partial charge in [0.25, 0.3) is 11.8 Å². The molecule has 1 spiro atoms. The molecule has 4 rings (SSSR count). The molecule has 6 heteroatoms. The van der Waals surface area contributed by atoms with E-state index in [4.69, 9.17) is 0 Å². The molecule has 2 aromatic carbocycles. The number of nitrogens with one attached hydrogen (secondary N) is 1. The van der Waals surface area contributed by atoms with Gasteiger partial charge in [0, 0.05) is 12.1 Å². The molecular weight excluding hydrogens is 354 g/mol. The van der Waals surface area contributed by atoms with Gasteiger partial charge in [-0.05, 0) is 37.5 Å². The predicted molar refractivity (Wildman–Crippen MR) is 105 cm³/mol. The molecule has 1 atom stereocenters. The van der Waals surface area contributed by atoms with Crippen molar-refractivity contribution in [3.63, 3.8) is 0 Å². The Kier molecular flexibility index (Phi) is 4.63. The lowest BCUT2D eigenvalue weighted by molar-refractivity contribution is -0.133. The number of nitrogens with zero attached hydrogens (tertiary/aromatic N) is 2. The van der Waals surface area contributed by atoms with E-state index in [1.165, 1.54) is 4.90 Å². The minimum atomic E-state index is -1.02. The van der Waals surface area contributed by atoms with E-state index in [0.29, 0.717) is 24.9 Å². The van der Waals surface area contributed by atoms with E-state index in [2.05, 4.69) is 5.32 Å². The van der Waals surface area contributed by atoms with Crippen LogP contribution in [0, 0.1) is 6.92 Å². The van der Waals surface area contributed by atoms with Crippen LogP contribution in [0.3, 0.4) is 0 Å². The number of benzene rings is 2. The summed E-state index contributed by atoms with van der Waals surface area (Å²) in [5.74, 6) is -0.356. The van der Waals surface area contributed by atoms with Crippen LogP contribution in [-0.4, -0.2) is 46.3 Å². The first kappa shape index (κ1) is 18.2. The van der Waals surface area contributed by atoms with Crippen LogP contribution in [0.15, 0.2) is 54.6 Å². The van der Waals surface area contributed by atoms with Crippen molar-refractivity contribution in [2.24, 2.45) is 0 Å². The zero-order valence-electron chi connectivity index (χ0n) is 15.9. The number of urea groups is 1. The van der Waals surface area contributed by atoms with Crippen LogP contribution in [0.2, 0.25) is 0 Å². The number of amides is 4. The van der Waals surface area contributed by atoms with E-state index in [-0.39, 0.29) is 24.9 Å². The van der Waals surface area contributed by atoms with Crippen molar-refractivity contribution < 1.29 is 14.4 Å². The smallest absolute Gasteiger partial charge is 0.325 e. The van der Waals surface area contributed by atoms with Crippen LogP contribution >= 0.6 is 0 Å². The molecule has 0 aliphatic carbocycles. The third-order valence-electron chi connectivity index (χ3n) is 5.51. The fourth-order valence-corrected chi connectivity index (χ4v) is 3.97. The maximum Gasteiger partial charge on any atom is 0.325 e. The number of hydrogen-bond acceptors (Lipinski definition) is 3. The highest BCUT2D eigenvalue weighted by molar-refractivity contribution is 6.07. The summed E-state index contributed by atoms with van der Waals surface area (Å²) in [4.78, 5) is 41.5. The van der Waals surface area contributed by atoms with Gasteiger partial charge in [0.1, 0.15) is 5.54 Å². The van der Waals surface area contributed by atoms with E-state index in [9.17, 15) is 14.4 Å². The van der Waals surface area contributed by atoms with Crippen LogP contribution in [0.1, 0.15) is 34.3 Å². The molecule has 0 radical (unpaired) electrons. The standard InChI is InChI=1S/C22H23N3O3/c1-16-8-10-18(11-9-16)19(26)24-13-5-12-22(15-24)20(27)25(21(28)23-22)14-17-6-3-2-4-7-17/h2-4,6-11H,5,12-15H2,1H3,(H,23,28)/t22-/m0/s1. The summed E-state index contributed by atoms with van der Waals surface area (Å²) >= 11 is 0. The van der Waals surface area contributed by atoms with Gasteiger partial charge in [0.15, 0.2) is 0 Å². The molecule has 2 fully saturated rings. The van der Waals surface area contributed by atoms with Gasteiger partial charge < -0.3 is 10.2 Å². The van der Waals surface area contributed by atoms with Crippen molar-refractivity contribution in [1.29, 1.82) is 0 Å². The highest BCUT2D eigenvalue weighted by atomic mass is 16.2. The molecule has 144 valence electrons. The normalized spacial score (nSPS) is 21.9. The second-order valence-corrected chi connectivity index (χ2v) is 7.59. The third-order valence-corrected chi connectivity index (χ3v) is 5.51. The van der Waals surface area contributed by atoms with Crippen molar-refractivity contribution in [3.05, 3.63) is 71.3 Å². The number of rotatable bonds is 3. The number of likely N-dealkylation sites (tertiary alicyclic amines) is 1. The van der Waals surface area contributed by atoms with Crippen molar-refractivity contribution >= 4 is 17.8 Å². The summed E-state index contributed by atoms with van der Waals surface area (Å²) in [7, 11) is 0. The van der Waals surface area contributed by atoms with Crippen molar-refractivity contribution in [1.82, 2.24) is 15.1 Å². The maximum atomic E-state index is 13.2. The summed E-state index contributed by atoms with van der Waals surface area (Å²) in [5, 5.41) is 2.88. The lowest BCUT2D eigenvalue weighted by Crippen LogP contribution is -2.59. The maximum absolute atomic E-state index is 13.2. The number of carbonyl (C=O) groups is 3. The molecule has 2 aliphatic heterocycles. The average molecular weight is 377 g/mol. The van der Waals surface area contributed by atoms with Gasteiger partial charge in [-0.2, -0.15) is 0 Å². The van der Waals surface area contributed by atoms with Crippen LogP contribution < -0.4 is 5.32 Å². The molecule has 2 aromatic rings. The molecule has 0 bridgehead atoms. The van der Waals surface area contributed by atoms with Gasteiger partial charge in [-0.3, -0.25) is 14.5 Å². The lowest BCUT2D eigenvalue weighted by atomic mass is 9.88. The van der Waals surface area contributed by atoms with Crippen LogP contribution in [0.25, 0.3) is 0 Å². The molecule has 0 saturated carbocycles. The SMILES string of the molecule is Cc1ccc(C(=O)N2CCC[C@@]3(C2)NC(=O)N(Cc2ccccc2)C3=O)cc1. The third kappa shape index (κ3) is 3.26. The van der Waals surface area contributed by atoms with E-state index >= 15 is 0 Å². The largest absolute Gasteiger partial charge is 0.336 e. The van der Waals surface area contributed by atoms with Crippen LogP contribution in [-0.2, 0) is 11.3 Å². The molecule has 1 N–H and O–H groups in total. The minimum absolute atomic E-state index is 0.109. The number of imide groups is 1. The highest BCUT2D eigenvalue weighted by Gasteiger charge is 2.53. The highest BCUT2D eigenvalue weighted by Crippen LogP contribution is 2.30. The van der Waals surface area contributed by atoms with Gasteiger partial charge in [-0.1, -0.05) is 48.0 Å². The van der Waals surface area contributed by atoms with E-state index in [0.717, 1.165) is 11.1 Å². The summed E-state index contributed by atoms with van der Waals surface area (Å²) in [6.45, 7) is 2.99. The van der Waals surface area contributed by atoms with Crippen molar-refractivity contribution in [3.8, 4) is 0 Å². The topological polar surface area (TPSA) is 69.7 Å². The van der Waals surface area contributed by atoms with Crippen molar-refractivity contribution in [2.45, 2.75) is 31.8 Å². The Morgan fingerprint density at radius 3 is 2.50 bits per heavy atom. The molecule has 2 saturated heterocycles. The Morgan fingerprint density at radius 2 is 1.79 bits per heavy atom. The Bertz CT molecular complexity index is 910. The van der Waals surface area contributed by atoms with E-state index < -0.39 is 11.6 Å². The number of hydrogen-bond donors (Lipinski definition) is 1. The summed E-state index contributed by atoms with van der Waals surface area (Å²) in [6, 6.07) is 16.4. The molecule has 28 heavy (non-hydrogen) atoms. The molecular formula is C22H23N3O3. The first-order chi connectivity index (χ1) is 13.5. The summed E-state index contributed by atoms with van der Waals surface area (Å²) in [6.07, 6.45) is 1.21. The Hall–Kier alpha value is -3.15. The zero-order chi connectivity index (χ0) is 19.7. The molecule has 0 aromatic heterocycles. The Labute approximate surface area is 164 Å². The number of aryl methyl sites for hydroxylation is 1. The predicted octanol–water partition coefficient (Wildman–Crippen LogP) is 2.72. The second kappa shape index (κ2) is 7.11. The monoisotopic (exact) mass is 377 g/mol. The fraction of sp³-hybridized carbons (Fsp3) is 0.318. The average Bonchev–Trinajstić information content (AvgIpc) is 2.93. The quantitative estimate of drug-likeness (QED) is 0.836. The van der Waals surface area contributed by atoms with E-state index in [1.807, 2.05) is 49.4 Å². The van der Waals surface area contributed by atoms with Gasteiger partial charge in [-0.25, -0.2) is 4.79 Å². The first-order valence-electron chi connectivity index (χ1n) is 9.52. The Balaban J connectivity index is 1.52. The van der Waals surface area contributed by atoms with Gasteiger partial charge in [0.05, 0.1) is 13.1 Å². The molecule has 0 unspecified atom stereocenters. The van der Waals surface area contributed by atoms with Crippen molar-refractivity contribution in [2.75, 3.05) is 13.1 Å². The first-order valence-corrected chi connectivity index (χ1v) is 9.52. The molecule has 6 nitrogen and oxygen atoms in total. The van der Waals surface area contributed by atoms with Gasteiger partial charge >= 0.3 is 6.03 Å². The second-order valence-electron chi connectivity index (χ2n) is 7.59. The molecule has 2 heterocycles. The van der Waals surface area contributed by atoms with Crippen LogP contribution in [0.5, 0.6) is 0 Å². The lowest BCUT2D eigenvalue weighted by Gasteiger charge is -2.38. The summed E-state index contributed by atoms with van der Waals surface area (Å²) in [5.41, 5.74) is 1.55. The fourth-order valence-electron chi connectivity index (χ4n) is 3.97. The van der Waals surface area contributed by atoms with Gasteiger partial charge in [-0.15, -0.1) is 0 Å². The Morgan fingerprint density at radius 1 is 1.07 bits per heavy atom. The summed E-state index contributed by atoms with van der Waals surface area (Å²) < 4.78 is 0.